The summed E-state index contributed by atoms with van der Waals surface area (Å²) < 4.78 is 14.8. The molecule has 4 rings (SSSR count). The van der Waals surface area contributed by atoms with Crippen LogP contribution in [0.2, 0.25) is 0 Å². The Labute approximate surface area is 165 Å². The molecule has 2 fully saturated rings. The van der Waals surface area contributed by atoms with Crippen molar-refractivity contribution in [1.82, 2.24) is 20.4 Å². The quantitative estimate of drug-likeness (QED) is 0.840. The van der Waals surface area contributed by atoms with Gasteiger partial charge in [0.05, 0.1) is 16.8 Å². The molecule has 0 radical (unpaired) electrons. The van der Waals surface area contributed by atoms with Crippen molar-refractivity contribution in [2.24, 2.45) is 11.3 Å². The molecule has 146 valence electrons. The van der Waals surface area contributed by atoms with Gasteiger partial charge in [-0.1, -0.05) is 12.8 Å². The zero-order valence-electron chi connectivity index (χ0n) is 15.5. The number of fused-ring (bicyclic) bond motifs is 1. The van der Waals surface area contributed by atoms with Gasteiger partial charge in [0, 0.05) is 24.8 Å². The minimum atomic E-state index is -0.267. The number of aromatic nitrogens is 2. The average Bonchev–Trinajstić information content (AvgIpc) is 3.24. The van der Waals surface area contributed by atoms with E-state index in [0.29, 0.717) is 12.5 Å². The van der Waals surface area contributed by atoms with E-state index in [1.165, 1.54) is 18.6 Å². The highest BCUT2D eigenvalue weighted by molar-refractivity contribution is 5.85. The third-order valence-corrected chi connectivity index (χ3v) is 6.02. The first-order valence-corrected chi connectivity index (χ1v) is 9.39. The summed E-state index contributed by atoms with van der Waals surface area (Å²) in [5.74, 6) is 0.358. The number of nitrogens with one attached hydrogen (secondary N) is 2. The van der Waals surface area contributed by atoms with E-state index < -0.39 is 0 Å². The van der Waals surface area contributed by atoms with Gasteiger partial charge < -0.3 is 10.6 Å². The molecule has 5 nitrogen and oxygen atoms in total. The van der Waals surface area contributed by atoms with Crippen LogP contribution in [0.3, 0.4) is 0 Å². The molecule has 1 aliphatic heterocycles. The third-order valence-electron chi connectivity index (χ3n) is 6.02. The van der Waals surface area contributed by atoms with Gasteiger partial charge in [-0.2, -0.15) is 5.10 Å². The minimum Gasteiger partial charge on any atom is -0.351 e. The Morgan fingerprint density at radius 3 is 2.93 bits per heavy atom. The standard InChI is InChI=1S/C20H25FN4O.ClH/c1-14-15(12-25(24-14)18-7-5-17(21)6-8-18)10-23-19(26)20-9-3-2-4-16(20)11-22-13-20;/h5-8,12,16,22H,2-4,9-11,13H2,1H3,(H,23,26);1H/t16-,20+;/m0./s1. The molecule has 7 heteroatoms. The number of benzene rings is 1. The molecule has 1 aliphatic carbocycles. The lowest BCUT2D eigenvalue weighted by Gasteiger charge is -2.37. The summed E-state index contributed by atoms with van der Waals surface area (Å²) in [5.41, 5.74) is 2.42. The van der Waals surface area contributed by atoms with E-state index in [1.807, 2.05) is 13.1 Å². The Morgan fingerprint density at radius 1 is 1.37 bits per heavy atom. The van der Waals surface area contributed by atoms with Crippen LogP contribution in [-0.2, 0) is 11.3 Å². The van der Waals surface area contributed by atoms with Gasteiger partial charge in [0.1, 0.15) is 5.82 Å². The van der Waals surface area contributed by atoms with Crippen molar-refractivity contribution < 1.29 is 9.18 Å². The number of carbonyl (C=O) groups excluding carboxylic acids is 1. The number of hydrogen-bond donors (Lipinski definition) is 2. The topological polar surface area (TPSA) is 59.0 Å². The lowest BCUT2D eigenvalue weighted by molar-refractivity contribution is -0.134. The average molecular weight is 393 g/mol. The fraction of sp³-hybridized carbons (Fsp3) is 0.500. The van der Waals surface area contributed by atoms with E-state index in [4.69, 9.17) is 0 Å². The highest BCUT2D eigenvalue weighted by Gasteiger charge is 2.49. The Bertz CT molecular complexity index is 807. The summed E-state index contributed by atoms with van der Waals surface area (Å²) in [6.07, 6.45) is 6.39. The molecule has 2 aromatic rings. The first-order chi connectivity index (χ1) is 12.6. The molecule has 1 aromatic carbocycles. The van der Waals surface area contributed by atoms with Gasteiger partial charge in [0.15, 0.2) is 0 Å². The van der Waals surface area contributed by atoms with Gasteiger partial charge in [-0.25, -0.2) is 9.07 Å². The number of aryl methyl sites for hydroxylation is 1. The van der Waals surface area contributed by atoms with Crippen LogP contribution in [0.1, 0.15) is 36.9 Å². The van der Waals surface area contributed by atoms with Crippen molar-refractivity contribution >= 4 is 18.3 Å². The maximum absolute atomic E-state index is 13.1. The Kier molecular flexibility index (Phi) is 5.86. The van der Waals surface area contributed by atoms with Crippen molar-refractivity contribution in [2.45, 2.75) is 39.2 Å². The monoisotopic (exact) mass is 392 g/mol. The van der Waals surface area contributed by atoms with E-state index in [2.05, 4.69) is 15.7 Å². The van der Waals surface area contributed by atoms with Crippen molar-refractivity contribution in [2.75, 3.05) is 13.1 Å². The summed E-state index contributed by atoms with van der Waals surface area (Å²) in [5, 5.41) is 11.1. The molecule has 0 unspecified atom stereocenters. The van der Waals surface area contributed by atoms with Gasteiger partial charge in [-0.3, -0.25) is 4.79 Å². The molecule has 1 amide bonds. The number of hydrogen-bond acceptors (Lipinski definition) is 3. The van der Waals surface area contributed by atoms with Crippen molar-refractivity contribution in [3.05, 3.63) is 47.5 Å². The predicted molar refractivity (Wildman–Crippen MR) is 105 cm³/mol. The minimum absolute atomic E-state index is 0. The Balaban J connectivity index is 0.00000210. The third kappa shape index (κ3) is 3.73. The maximum Gasteiger partial charge on any atom is 0.228 e. The molecule has 0 bridgehead atoms. The first kappa shape index (κ1) is 19.8. The van der Waals surface area contributed by atoms with Crippen LogP contribution in [0.4, 0.5) is 4.39 Å². The van der Waals surface area contributed by atoms with Gasteiger partial charge in [0.2, 0.25) is 5.91 Å². The van der Waals surface area contributed by atoms with Crippen molar-refractivity contribution in [1.29, 1.82) is 0 Å². The fourth-order valence-electron chi connectivity index (χ4n) is 4.44. The highest BCUT2D eigenvalue weighted by Crippen LogP contribution is 2.43. The second-order valence-electron chi connectivity index (χ2n) is 7.57. The molecule has 2 atom stereocenters. The molecule has 1 saturated heterocycles. The number of halogens is 2. The highest BCUT2D eigenvalue weighted by atomic mass is 35.5. The fourth-order valence-corrected chi connectivity index (χ4v) is 4.44. The van der Waals surface area contributed by atoms with Crippen LogP contribution < -0.4 is 10.6 Å². The predicted octanol–water partition coefficient (Wildman–Crippen LogP) is 3.14. The summed E-state index contributed by atoms with van der Waals surface area (Å²) in [7, 11) is 0. The van der Waals surface area contributed by atoms with Gasteiger partial charge in [-0.15, -0.1) is 12.4 Å². The van der Waals surface area contributed by atoms with E-state index >= 15 is 0 Å². The second kappa shape index (κ2) is 7.98. The van der Waals surface area contributed by atoms with E-state index in [1.54, 1.807) is 16.8 Å². The number of amides is 1. The molecule has 27 heavy (non-hydrogen) atoms. The van der Waals surface area contributed by atoms with Crippen LogP contribution in [0.25, 0.3) is 5.69 Å². The second-order valence-corrected chi connectivity index (χ2v) is 7.57. The van der Waals surface area contributed by atoms with Crippen LogP contribution in [0.5, 0.6) is 0 Å². The van der Waals surface area contributed by atoms with E-state index in [9.17, 15) is 9.18 Å². The molecule has 2 aliphatic rings. The maximum atomic E-state index is 13.1. The summed E-state index contributed by atoms with van der Waals surface area (Å²) in [6.45, 7) is 4.15. The van der Waals surface area contributed by atoms with Gasteiger partial charge >= 0.3 is 0 Å². The molecule has 1 aromatic heterocycles. The van der Waals surface area contributed by atoms with E-state index in [0.717, 1.165) is 49.3 Å². The molecule has 0 spiro atoms. The van der Waals surface area contributed by atoms with Crippen molar-refractivity contribution in [3.8, 4) is 5.69 Å². The SMILES string of the molecule is Cc1nn(-c2ccc(F)cc2)cc1CNC(=O)[C@@]12CCCC[C@H]1CNC2.Cl. The normalized spacial score (nSPS) is 24.1. The summed E-state index contributed by atoms with van der Waals surface area (Å²) >= 11 is 0. The number of rotatable bonds is 4. The molecule has 2 heterocycles. The Hall–Kier alpha value is -1.92. The summed E-state index contributed by atoms with van der Waals surface area (Å²) in [6, 6.07) is 6.23. The van der Waals surface area contributed by atoms with Gasteiger partial charge in [0.25, 0.3) is 0 Å². The Morgan fingerprint density at radius 2 is 2.15 bits per heavy atom. The van der Waals surface area contributed by atoms with Crippen LogP contribution in [-0.4, -0.2) is 28.8 Å². The number of carbonyl (C=O) groups is 1. The van der Waals surface area contributed by atoms with E-state index in [-0.39, 0.29) is 29.5 Å². The van der Waals surface area contributed by atoms with Gasteiger partial charge in [-0.05, 0) is 56.5 Å². The molecular weight excluding hydrogens is 367 g/mol. The molecule has 1 saturated carbocycles. The zero-order valence-corrected chi connectivity index (χ0v) is 16.3. The van der Waals surface area contributed by atoms with Crippen LogP contribution in [0, 0.1) is 24.1 Å². The zero-order chi connectivity index (χ0) is 18.1. The number of nitrogens with zero attached hydrogens (tertiary/aromatic N) is 2. The summed E-state index contributed by atoms with van der Waals surface area (Å²) in [4.78, 5) is 13.0. The molecule has 2 N–H and O–H groups in total. The van der Waals surface area contributed by atoms with Crippen molar-refractivity contribution in [3.63, 3.8) is 0 Å². The van der Waals surface area contributed by atoms with Crippen LogP contribution >= 0.6 is 12.4 Å². The lowest BCUT2D eigenvalue weighted by Crippen LogP contribution is -2.47. The van der Waals surface area contributed by atoms with Crippen LogP contribution in [0.15, 0.2) is 30.5 Å². The first-order valence-electron chi connectivity index (χ1n) is 9.39. The molecular formula is C20H26ClFN4O. The smallest absolute Gasteiger partial charge is 0.228 e. The lowest BCUT2D eigenvalue weighted by atomic mass is 9.67. The largest absolute Gasteiger partial charge is 0.351 e.